The Bertz CT molecular complexity index is 425. The molecular formula is C18H29NO2. The standard InChI is InChI=1S/C18H29NO2/c1-14(2)10-11-19(16-6-8-17(20)9-7-16)13-15-4-3-5-18(21)12-15/h3-5,12,14,16-17,20-21H,6-11,13H2,1-2H3. The van der Waals surface area contributed by atoms with E-state index in [0.717, 1.165) is 38.8 Å². The van der Waals surface area contributed by atoms with Crippen molar-refractivity contribution in [1.29, 1.82) is 0 Å². The van der Waals surface area contributed by atoms with Crippen molar-refractivity contribution >= 4 is 0 Å². The third-order valence-electron chi connectivity index (χ3n) is 4.47. The third kappa shape index (κ3) is 5.33. The number of rotatable bonds is 6. The van der Waals surface area contributed by atoms with Crippen LogP contribution < -0.4 is 0 Å². The lowest BCUT2D eigenvalue weighted by molar-refractivity contribution is 0.0680. The smallest absolute Gasteiger partial charge is 0.115 e. The van der Waals surface area contributed by atoms with Crippen molar-refractivity contribution in [2.45, 2.75) is 64.6 Å². The molecule has 1 aromatic carbocycles. The summed E-state index contributed by atoms with van der Waals surface area (Å²) in [6, 6.07) is 8.14. The van der Waals surface area contributed by atoms with Gasteiger partial charge in [0.05, 0.1) is 6.10 Å². The zero-order chi connectivity index (χ0) is 15.2. The highest BCUT2D eigenvalue weighted by Gasteiger charge is 2.24. The van der Waals surface area contributed by atoms with E-state index in [4.69, 9.17) is 0 Å². The van der Waals surface area contributed by atoms with E-state index in [0.29, 0.717) is 17.7 Å². The Morgan fingerprint density at radius 1 is 1.19 bits per heavy atom. The van der Waals surface area contributed by atoms with Gasteiger partial charge in [0, 0.05) is 12.6 Å². The molecule has 2 rings (SSSR count). The summed E-state index contributed by atoms with van der Waals surface area (Å²) in [5.74, 6) is 1.04. The van der Waals surface area contributed by atoms with Crippen LogP contribution in [-0.4, -0.2) is 33.8 Å². The molecule has 21 heavy (non-hydrogen) atoms. The number of nitrogens with zero attached hydrogens (tertiary/aromatic N) is 1. The van der Waals surface area contributed by atoms with Crippen LogP contribution in [0.2, 0.25) is 0 Å². The fourth-order valence-electron chi connectivity index (χ4n) is 3.13. The number of benzene rings is 1. The molecule has 1 saturated carbocycles. The van der Waals surface area contributed by atoms with Crippen LogP contribution in [0.1, 0.15) is 51.5 Å². The molecule has 1 fully saturated rings. The summed E-state index contributed by atoms with van der Waals surface area (Å²) in [6.45, 7) is 6.50. The number of hydrogen-bond acceptors (Lipinski definition) is 3. The van der Waals surface area contributed by atoms with Crippen molar-refractivity contribution in [3.05, 3.63) is 29.8 Å². The summed E-state index contributed by atoms with van der Waals surface area (Å²) in [4.78, 5) is 2.54. The lowest BCUT2D eigenvalue weighted by Gasteiger charge is -2.36. The van der Waals surface area contributed by atoms with Crippen LogP contribution in [-0.2, 0) is 6.54 Å². The zero-order valence-electron chi connectivity index (χ0n) is 13.3. The van der Waals surface area contributed by atoms with Crippen LogP contribution in [0.3, 0.4) is 0 Å². The molecule has 0 atom stereocenters. The summed E-state index contributed by atoms with van der Waals surface area (Å²) in [5, 5.41) is 19.3. The zero-order valence-corrected chi connectivity index (χ0v) is 13.3. The number of phenolic OH excluding ortho intramolecular Hbond substituents is 1. The van der Waals surface area contributed by atoms with Gasteiger partial charge < -0.3 is 10.2 Å². The van der Waals surface area contributed by atoms with E-state index in [1.807, 2.05) is 12.1 Å². The van der Waals surface area contributed by atoms with Crippen molar-refractivity contribution in [3.63, 3.8) is 0 Å². The van der Waals surface area contributed by atoms with Crippen molar-refractivity contribution in [2.24, 2.45) is 5.92 Å². The second-order valence-electron chi connectivity index (χ2n) is 6.79. The van der Waals surface area contributed by atoms with Gasteiger partial charge in [-0.25, -0.2) is 0 Å². The SMILES string of the molecule is CC(C)CCN(Cc1cccc(O)c1)C1CCC(O)CC1. The molecule has 0 amide bonds. The molecule has 1 aliphatic carbocycles. The quantitative estimate of drug-likeness (QED) is 0.842. The predicted octanol–water partition coefficient (Wildman–Crippen LogP) is 3.54. The molecule has 0 heterocycles. The Hall–Kier alpha value is -1.06. The number of aliphatic hydroxyl groups is 1. The molecule has 2 N–H and O–H groups in total. The maximum Gasteiger partial charge on any atom is 0.115 e. The first-order valence-corrected chi connectivity index (χ1v) is 8.24. The third-order valence-corrected chi connectivity index (χ3v) is 4.47. The van der Waals surface area contributed by atoms with Gasteiger partial charge in [-0.05, 0) is 62.3 Å². The maximum absolute atomic E-state index is 9.70. The maximum atomic E-state index is 9.70. The van der Waals surface area contributed by atoms with Gasteiger partial charge >= 0.3 is 0 Å². The van der Waals surface area contributed by atoms with Crippen molar-refractivity contribution in [2.75, 3.05) is 6.54 Å². The molecule has 0 aliphatic heterocycles. The fourth-order valence-corrected chi connectivity index (χ4v) is 3.13. The Morgan fingerprint density at radius 2 is 1.90 bits per heavy atom. The largest absolute Gasteiger partial charge is 0.508 e. The number of aliphatic hydroxyl groups excluding tert-OH is 1. The topological polar surface area (TPSA) is 43.7 Å². The minimum absolute atomic E-state index is 0.103. The van der Waals surface area contributed by atoms with Crippen LogP contribution in [0.5, 0.6) is 5.75 Å². The number of aromatic hydroxyl groups is 1. The Balaban J connectivity index is 2.00. The van der Waals surface area contributed by atoms with Crippen molar-refractivity contribution < 1.29 is 10.2 Å². The van der Waals surface area contributed by atoms with E-state index in [1.54, 1.807) is 6.07 Å². The van der Waals surface area contributed by atoms with Crippen molar-refractivity contribution in [3.8, 4) is 5.75 Å². The van der Waals surface area contributed by atoms with Gasteiger partial charge in [-0.1, -0.05) is 26.0 Å². The van der Waals surface area contributed by atoms with Gasteiger partial charge in [0.15, 0.2) is 0 Å². The summed E-state index contributed by atoms with van der Waals surface area (Å²) in [5.41, 5.74) is 1.17. The molecule has 118 valence electrons. The highest BCUT2D eigenvalue weighted by Crippen LogP contribution is 2.25. The minimum atomic E-state index is -0.103. The molecule has 0 spiro atoms. The first-order chi connectivity index (χ1) is 10.0. The van der Waals surface area contributed by atoms with E-state index in [-0.39, 0.29) is 6.10 Å². The van der Waals surface area contributed by atoms with Crippen LogP contribution in [0, 0.1) is 5.92 Å². The molecular weight excluding hydrogens is 262 g/mol. The first-order valence-electron chi connectivity index (χ1n) is 8.24. The summed E-state index contributed by atoms with van der Waals surface area (Å²) in [6.07, 6.45) is 5.09. The summed E-state index contributed by atoms with van der Waals surface area (Å²) >= 11 is 0. The normalized spacial score (nSPS) is 22.9. The lowest BCUT2D eigenvalue weighted by atomic mass is 9.91. The molecule has 3 nitrogen and oxygen atoms in total. The molecule has 3 heteroatoms. The van der Waals surface area contributed by atoms with Gasteiger partial charge in [-0.3, -0.25) is 4.90 Å². The summed E-state index contributed by atoms with van der Waals surface area (Å²) < 4.78 is 0. The van der Waals surface area contributed by atoms with Crippen LogP contribution in [0.4, 0.5) is 0 Å². The van der Waals surface area contributed by atoms with E-state index in [2.05, 4.69) is 24.8 Å². The van der Waals surface area contributed by atoms with Crippen LogP contribution in [0.25, 0.3) is 0 Å². The molecule has 0 bridgehead atoms. The average Bonchev–Trinajstić information content (AvgIpc) is 2.44. The van der Waals surface area contributed by atoms with E-state index in [9.17, 15) is 10.2 Å². The highest BCUT2D eigenvalue weighted by molar-refractivity contribution is 5.27. The monoisotopic (exact) mass is 291 g/mol. The number of hydrogen-bond donors (Lipinski definition) is 2. The minimum Gasteiger partial charge on any atom is -0.508 e. The lowest BCUT2D eigenvalue weighted by Crippen LogP contribution is -2.39. The van der Waals surface area contributed by atoms with E-state index >= 15 is 0 Å². The van der Waals surface area contributed by atoms with Gasteiger partial charge in [0.2, 0.25) is 0 Å². The molecule has 1 aromatic rings. The fraction of sp³-hybridized carbons (Fsp3) is 0.667. The second kappa shape index (κ2) is 7.81. The predicted molar refractivity (Wildman–Crippen MR) is 86.2 cm³/mol. The Kier molecular flexibility index (Phi) is 6.07. The second-order valence-corrected chi connectivity index (χ2v) is 6.79. The number of phenols is 1. The van der Waals surface area contributed by atoms with Gasteiger partial charge in [0.25, 0.3) is 0 Å². The van der Waals surface area contributed by atoms with E-state index < -0.39 is 0 Å². The van der Waals surface area contributed by atoms with Gasteiger partial charge in [0.1, 0.15) is 5.75 Å². The highest BCUT2D eigenvalue weighted by atomic mass is 16.3. The van der Waals surface area contributed by atoms with Gasteiger partial charge in [-0.15, -0.1) is 0 Å². The molecule has 0 saturated heterocycles. The van der Waals surface area contributed by atoms with Crippen LogP contribution in [0.15, 0.2) is 24.3 Å². The Labute approximate surface area is 128 Å². The summed E-state index contributed by atoms with van der Waals surface area (Å²) in [7, 11) is 0. The van der Waals surface area contributed by atoms with Crippen LogP contribution >= 0.6 is 0 Å². The molecule has 0 aromatic heterocycles. The Morgan fingerprint density at radius 3 is 2.52 bits per heavy atom. The van der Waals surface area contributed by atoms with Crippen molar-refractivity contribution in [1.82, 2.24) is 4.90 Å². The first kappa shape index (κ1) is 16.3. The van der Waals surface area contributed by atoms with E-state index in [1.165, 1.54) is 12.0 Å². The van der Waals surface area contributed by atoms with Gasteiger partial charge in [-0.2, -0.15) is 0 Å². The average molecular weight is 291 g/mol. The molecule has 0 unspecified atom stereocenters. The molecule has 0 radical (unpaired) electrons. The molecule has 1 aliphatic rings.